The Hall–Kier alpha value is -0.350. The number of halogens is 3. The molecule has 0 amide bonds. The van der Waals surface area contributed by atoms with Crippen LogP contribution in [0.15, 0.2) is 56.1 Å². The van der Waals surface area contributed by atoms with Gasteiger partial charge in [0.05, 0.1) is 12.9 Å². The zero-order chi connectivity index (χ0) is 13.4. The fourth-order valence-corrected chi connectivity index (χ4v) is 5.48. The van der Waals surface area contributed by atoms with E-state index in [1.165, 1.54) is 10.8 Å². The number of rotatable bonds is 2. The summed E-state index contributed by atoms with van der Waals surface area (Å²) in [5.41, 5.74) is 2.22. The second kappa shape index (κ2) is 5.57. The summed E-state index contributed by atoms with van der Waals surface area (Å²) in [5.74, 6) is 0. The van der Waals surface area contributed by atoms with Crippen molar-refractivity contribution >= 4 is 65.6 Å². The van der Waals surface area contributed by atoms with Crippen molar-refractivity contribution in [1.29, 1.82) is 0 Å². The van der Waals surface area contributed by atoms with Crippen molar-refractivity contribution in [2.45, 2.75) is 5.38 Å². The summed E-state index contributed by atoms with van der Waals surface area (Å²) < 4.78 is 2.16. The Labute approximate surface area is 137 Å². The summed E-state index contributed by atoms with van der Waals surface area (Å²) in [6.07, 6.45) is 0. The van der Waals surface area contributed by atoms with E-state index in [0.29, 0.717) is 0 Å². The lowest BCUT2D eigenvalue weighted by molar-refractivity contribution is 1.15. The van der Waals surface area contributed by atoms with E-state index in [4.69, 9.17) is 11.6 Å². The van der Waals surface area contributed by atoms with Gasteiger partial charge >= 0.3 is 0 Å². The first-order chi connectivity index (χ1) is 9.15. The average molecular weight is 417 g/mol. The summed E-state index contributed by atoms with van der Waals surface area (Å²) in [7, 11) is 0. The molecule has 1 atom stereocenters. The summed E-state index contributed by atoms with van der Waals surface area (Å²) >= 11 is 15.3. The maximum atomic E-state index is 6.61. The SMILES string of the molecule is ClC(c1ccc2ccccc2c1)c1cc(Br)sc1Br. The molecular weight excluding hydrogens is 407 g/mol. The maximum Gasteiger partial charge on any atom is 0.0855 e. The van der Waals surface area contributed by atoms with Gasteiger partial charge in [-0.3, -0.25) is 0 Å². The van der Waals surface area contributed by atoms with Crippen LogP contribution in [0.5, 0.6) is 0 Å². The highest BCUT2D eigenvalue weighted by Gasteiger charge is 2.17. The lowest BCUT2D eigenvalue weighted by atomic mass is 10.0. The zero-order valence-corrected chi connectivity index (χ0v) is 14.5. The molecule has 0 saturated heterocycles. The van der Waals surface area contributed by atoms with Gasteiger partial charge in [-0.1, -0.05) is 36.4 Å². The maximum absolute atomic E-state index is 6.61. The zero-order valence-electron chi connectivity index (χ0n) is 9.74. The van der Waals surface area contributed by atoms with Crippen molar-refractivity contribution in [2.24, 2.45) is 0 Å². The minimum absolute atomic E-state index is 0.137. The Bertz CT molecular complexity index is 736. The van der Waals surface area contributed by atoms with Crippen LogP contribution in [-0.2, 0) is 0 Å². The molecule has 1 heterocycles. The van der Waals surface area contributed by atoms with Gasteiger partial charge in [0.1, 0.15) is 0 Å². The molecule has 0 aliphatic rings. The summed E-state index contributed by atoms with van der Waals surface area (Å²) in [4.78, 5) is 0. The van der Waals surface area contributed by atoms with Gasteiger partial charge in [0.25, 0.3) is 0 Å². The number of benzene rings is 2. The fraction of sp³-hybridized carbons (Fsp3) is 0.0667. The van der Waals surface area contributed by atoms with Crippen LogP contribution < -0.4 is 0 Å². The third-order valence-electron chi connectivity index (χ3n) is 3.02. The Balaban J connectivity index is 2.06. The van der Waals surface area contributed by atoms with Crippen molar-refractivity contribution in [3.8, 4) is 0 Å². The number of alkyl halides is 1. The van der Waals surface area contributed by atoms with Crippen LogP contribution in [0.1, 0.15) is 16.5 Å². The molecule has 0 aliphatic heterocycles. The van der Waals surface area contributed by atoms with Crippen LogP contribution in [0.3, 0.4) is 0 Å². The fourth-order valence-electron chi connectivity index (χ4n) is 2.07. The van der Waals surface area contributed by atoms with Crippen molar-refractivity contribution in [3.05, 3.63) is 67.2 Å². The molecule has 0 nitrogen and oxygen atoms in total. The van der Waals surface area contributed by atoms with E-state index in [1.54, 1.807) is 11.3 Å². The lowest BCUT2D eigenvalue weighted by Gasteiger charge is -2.10. The normalized spacial score (nSPS) is 12.8. The highest BCUT2D eigenvalue weighted by atomic mass is 79.9. The minimum Gasteiger partial charge on any atom is -0.121 e. The molecule has 3 rings (SSSR count). The molecule has 0 bridgehead atoms. The molecule has 96 valence electrons. The van der Waals surface area contributed by atoms with Crippen LogP contribution >= 0.6 is 54.8 Å². The highest BCUT2D eigenvalue weighted by Crippen LogP contribution is 2.41. The molecule has 1 aromatic heterocycles. The summed E-state index contributed by atoms with van der Waals surface area (Å²) in [6, 6.07) is 16.8. The Morgan fingerprint density at radius 2 is 1.68 bits per heavy atom. The predicted molar refractivity (Wildman–Crippen MR) is 91.4 cm³/mol. The molecule has 0 spiro atoms. The van der Waals surface area contributed by atoms with Gasteiger partial charge in [-0.05, 0) is 60.3 Å². The Morgan fingerprint density at radius 1 is 0.947 bits per heavy atom. The molecule has 0 saturated carbocycles. The van der Waals surface area contributed by atoms with E-state index >= 15 is 0 Å². The van der Waals surface area contributed by atoms with E-state index in [9.17, 15) is 0 Å². The van der Waals surface area contributed by atoms with Crippen molar-refractivity contribution in [1.82, 2.24) is 0 Å². The van der Waals surface area contributed by atoms with Crippen LogP contribution in [0.4, 0.5) is 0 Å². The highest BCUT2D eigenvalue weighted by molar-refractivity contribution is 9.12. The molecule has 2 aromatic carbocycles. The second-order valence-electron chi connectivity index (χ2n) is 4.25. The molecule has 3 aromatic rings. The first-order valence-electron chi connectivity index (χ1n) is 5.72. The van der Waals surface area contributed by atoms with E-state index in [0.717, 1.165) is 18.7 Å². The van der Waals surface area contributed by atoms with E-state index in [2.05, 4.69) is 68.3 Å². The molecule has 19 heavy (non-hydrogen) atoms. The van der Waals surface area contributed by atoms with E-state index in [1.807, 2.05) is 12.1 Å². The van der Waals surface area contributed by atoms with Crippen LogP contribution in [0, 0.1) is 0 Å². The van der Waals surface area contributed by atoms with Crippen molar-refractivity contribution in [3.63, 3.8) is 0 Å². The summed E-state index contributed by atoms with van der Waals surface area (Å²) in [6.45, 7) is 0. The first kappa shape index (κ1) is 13.6. The Kier molecular flexibility index (Phi) is 3.99. The molecule has 0 radical (unpaired) electrons. The number of thiophene rings is 1. The third-order valence-corrected chi connectivity index (χ3v) is 5.90. The topological polar surface area (TPSA) is 0 Å². The number of fused-ring (bicyclic) bond motifs is 1. The molecule has 0 fully saturated rings. The lowest BCUT2D eigenvalue weighted by Crippen LogP contribution is -1.92. The quantitative estimate of drug-likeness (QED) is 0.405. The van der Waals surface area contributed by atoms with Gasteiger partial charge in [0, 0.05) is 5.56 Å². The molecule has 0 N–H and O–H groups in total. The van der Waals surface area contributed by atoms with Gasteiger partial charge in [0.2, 0.25) is 0 Å². The standard InChI is InChI=1S/C15H9Br2ClS/c16-13-8-12(15(17)19-13)14(18)11-6-5-9-3-1-2-4-10(9)7-11/h1-8,14H. The van der Waals surface area contributed by atoms with Gasteiger partial charge in [0.15, 0.2) is 0 Å². The van der Waals surface area contributed by atoms with Crippen molar-refractivity contribution in [2.75, 3.05) is 0 Å². The minimum atomic E-state index is -0.137. The first-order valence-corrected chi connectivity index (χ1v) is 8.56. The average Bonchev–Trinajstić information content (AvgIpc) is 2.76. The van der Waals surface area contributed by atoms with E-state index in [-0.39, 0.29) is 5.38 Å². The van der Waals surface area contributed by atoms with Gasteiger partial charge in [-0.2, -0.15) is 0 Å². The number of hydrogen-bond acceptors (Lipinski definition) is 1. The van der Waals surface area contributed by atoms with E-state index < -0.39 is 0 Å². The molecular formula is C15H9Br2ClS. The monoisotopic (exact) mass is 414 g/mol. The summed E-state index contributed by atoms with van der Waals surface area (Å²) in [5, 5.41) is 2.32. The molecule has 0 aliphatic carbocycles. The van der Waals surface area contributed by atoms with Gasteiger partial charge in [-0.25, -0.2) is 0 Å². The van der Waals surface area contributed by atoms with Gasteiger partial charge in [-0.15, -0.1) is 22.9 Å². The molecule has 1 unspecified atom stereocenters. The van der Waals surface area contributed by atoms with Crippen molar-refractivity contribution < 1.29 is 0 Å². The smallest absolute Gasteiger partial charge is 0.0855 e. The molecule has 4 heteroatoms. The largest absolute Gasteiger partial charge is 0.121 e. The second-order valence-corrected chi connectivity index (χ2v) is 8.43. The van der Waals surface area contributed by atoms with Crippen LogP contribution in [-0.4, -0.2) is 0 Å². The van der Waals surface area contributed by atoms with Gasteiger partial charge < -0.3 is 0 Å². The Morgan fingerprint density at radius 3 is 2.37 bits per heavy atom. The number of hydrogen-bond donors (Lipinski definition) is 0. The third kappa shape index (κ3) is 2.75. The predicted octanol–water partition coefficient (Wildman–Crippen LogP) is 6.75. The van der Waals surface area contributed by atoms with Crippen LogP contribution in [0.2, 0.25) is 0 Å². The van der Waals surface area contributed by atoms with Crippen LogP contribution in [0.25, 0.3) is 10.8 Å².